The molecule has 1 fully saturated rings. The van der Waals surface area contributed by atoms with Gasteiger partial charge >= 0.3 is 6.09 Å². The van der Waals surface area contributed by atoms with E-state index in [2.05, 4.69) is 10.6 Å². The maximum Gasteiger partial charge on any atom is 0.412 e. The number of amides is 2. The van der Waals surface area contributed by atoms with Crippen LogP contribution in [-0.4, -0.2) is 31.8 Å². The summed E-state index contributed by atoms with van der Waals surface area (Å²) in [5.41, 5.74) is 0.223. The Morgan fingerprint density at radius 2 is 2.00 bits per heavy atom. The number of carbonyl (C=O) groups is 2. The lowest BCUT2D eigenvalue weighted by atomic mass is 9.94. The van der Waals surface area contributed by atoms with Gasteiger partial charge in [0.1, 0.15) is 17.4 Å². The highest BCUT2D eigenvalue weighted by Crippen LogP contribution is 2.32. The number of hydrogen-bond acceptors (Lipinski definition) is 5. The zero-order valence-corrected chi connectivity index (χ0v) is 14.7. The predicted molar refractivity (Wildman–Crippen MR) is 93.7 cm³/mol. The fourth-order valence-corrected chi connectivity index (χ4v) is 2.95. The van der Waals surface area contributed by atoms with E-state index >= 15 is 0 Å². The molecule has 1 aliphatic rings. The number of rotatable bonds is 4. The van der Waals surface area contributed by atoms with Crippen LogP contribution in [0.5, 0.6) is 5.75 Å². The number of halogens is 2. The third-order valence-electron chi connectivity index (χ3n) is 4.25. The van der Waals surface area contributed by atoms with Crippen LogP contribution in [0.2, 0.25) is 0 Å². The first-order chi connectivity index (χ1) is 13.4. The minimum atomic E-state index is -1.42. The molecule has 7 nitrogen and oxygen atoms in total. The first-order valence-electron chi connectivity index (χ1n) is 8.21. The van der Waals surface area contributed by atoms with Crippen molar-refractivity contribution in [3.63, 3.8) is 0 Å². The number of benzene rings is 2. The Bertz CT molecular complexity index is 951. The minimum Gasteiger partial charge on any atom is -0.497 e. The summed E-state index contributed by atoms with van der Waals surface area (Å²) < 4.78 is 38.7. The third-order valence-corrected chi connectivity index (χ3v) is 4.25. The Kier molecular flexibility index (Phi) is 5.40. The van der Waals surface area contributed by atoms with Crippen molar-refractivity contribution in [2.75, 3.05) is 19.0 Å². The van der Waals surface area contributed by atoms with Gasteiger partial charge in [-0.1, -0.05) is 6.07 Å². The second-order valence-electron chi connectivity index (χ2n) is 6.00. The number of nitrogens with zero attached hydrogens (tertiary/aromatic N) is 1. The zero-order valence-electron chi connectivity index (χ0n) is 14.7. The number of nitriles is 1. The van der Waals surface area contributed by atoms with Crippen molar-refractivity contribution in [2.45, 2.75) is 12.0 Å². The molecule has 2 amide bonds. The molecule has 2 atom stereocenters. The largest absolute Gasteiger partial charge is 0.497 e. The normalized spacial score (nSPS) is 18.1. The van der Waals surface area contributed by atoms with Crippen LogP contribution in [0.1, 0.15) is 17.0 Å². The average Bonchev–Trinajstić information content (AvgIpc) is 3.01. The van der Waals surface area contributed by atoms with Crippen LogP contribution in [0.3, 0.4) is 0 Å². The number of hydrogen-bond donors (Lipinski definition) is 2. The fourth-order valence-electron chi connectivity index (χ4n) is 2.95. The zero-order chi connectivity index (χ0) is 20.3. The third kappa shape index (κ3) is 3.86. The van der Waals surface area contributed by atoms with E-state index in [0.29, 0.717) is 5.56 Å². The molecule has 1 saturated heterocycles. The summed E-state index contributed by atoms with van der Waals surface area (Å²) >= 11 is 0. The van der Waals surface area contributed by atoms with Crippen molar-refractivity contribution in [2.24, 2.45) is 0 Å². The summed E-state index contributed by atoms with van der Waals surface area (Å²) in [6, 6.07) is 9.95. The molecule has 0 spiro atoms. The minimum absolute atomic E-state index is 0.0105. The molecule has 0 aromatic heterocycles. The van der Waals surface area contributed by atoms with E-state index in [1.807, 2.05) is 6.07 Å². The second-order valence-corrected chi connectivity index (χ2v) is 6.00. The van der Waals surface area contributed by atoms with Gasteiger partial charge in [-0.05, 0) is 18.2 Å². The number of methoxy groups -OCH3 is 1. The molecule has 144 valence electrons. The molecule has 28 heavy (non-hydrogen) atoms. The fraction of sp³-hybridized carbons (Fsp3) is 0.211. The summed E-state index contributed by atoms with van der Waals surface area (Å²) in [4.78, 5) is 24.2. The molecule has 1 aliphatic heterocycles. The second kappa shape index (κ2) is 7.92. The Morgan fingerprint density at radius 1 is 1.29 bits per heavy atom. The van der Waals surface area contributed by atoms with Crippen LogP contribution >= 0.6 is 0 Å². The average molecular weight is 387 g/mol. The van der Waals surface area contributed by atoms with Crippen LogP contribution in [0.15, 0.2) is 36.4 Å². The molecule has 0 radical (unpaired) electrons. The maximum absolute atomic E-state index is 14.4. The molecule has 3 rings (SSSR count). The highest BCUT2D eigenvalue weighted by molar-refractivity contribution is 5.90. The molecule has 0 bridgehead atoms. The van der Waals surface area contributed by atoms with Crippen LogP contribution in [0.4, 0.5) is 19.3 Å². The Morgan fingerprint density at radius 3 is 2.64 bits per heavy atom. The lowest BCUT2D eigenvalue weighted by molar-refractivity contribution is -0.126. The van der Waals surface area contributed by atoms with E-state index in [1.165, 1.54) is 19.2 Å². The molecular weight excluding hydrogens is 372 g/mol. The smallest absolute Gasteiger partial charge is 0.412 e. The quantitative estimate of drug-likeness (QED) is 0.840. The van der Waals surface area contributed by atoms with Crippen LogP contribution in [-0.2, 0) is 9.53 Å². The number of nitrogens with one attached hydrogen (secondary N) is 2. The highest BCUT2D eigenvalue weighted by Gasteiger charge is 2.41. The van der Waals surface area contributed by atoms with Gasteiger partial charge in [0.05, 0.1) is 24.7 Å². The van der Waals surface area contributed by atoms with Gasteiger partial charge in [0, 0.05) is 29.9 Å². The van der Waals surface area contributed by atoms with Crippen LogP contribution < -0.4 is 15.4 Å². The monoisotopic (exact) mass is 387 g/mol. The van der Waals surface area contributed by atoms with Crippen molar-refractivity contribution < 1.29 is 27.8 Å². The molecule has 2 N–H and O–H groups in total. The summed E-state index contributed by atoms with van der Waals surface area (Å²) in [6.45, 7) is -0.0964. The molecule has 0 saturated carbocycles. The Balaban J connectivity index is 1.79. The standard InChI is InChI=1S/C19H15F2N3O4/c1-27-12-6-14(20)16(15(21)7-12)13-9-23-18(25)17(13)28-19(26)24-11-4-2-3-10(5-11)8-22/h2-7,13,17H,9H2,1H3,(H,23,25)(H,24,26)/t13-,17-/m0/s1. The van der Waals surface area contributed by atoms with E-state index in [1.54, 1.807) is 12.1 Å². The van der Waals surface area contributed by atoms with Gasteiger partial charge in [0.25, 0.3) is 5.91 Å². The predicted octanol–water partition coefficient (Wildman–Crippen LogP) is 2.68. The van der Waals surface area contributed by atoms with Gasteiger partial charge in [0.2, 0.25) is 0 Å². The molecule has 2 aromatic rings. The summed E-state index contributed by atoms with van der Waals surface area (Å²) in [5.74, 6) is -3.54. The van der Waals surface area contributed by atoms with E-state index in [9.17, 15) is 18.4 Å². The molecule has 2 aromatic carbocycles. The van der Waals surface area contributed by atoms with E-state index < -0.39 is 35.7 Å². The first kappa shape index (κ1) is 19.1. The molecule has 0 aliphatic carbocycles. The molecule has 9 heteroatoms. The number of anilines is 1. The van der Waals surface area contributed by atoms with Gasteiger partial charge < -0.3 is 14.8 Å². The van der Waals surface area contributed by atoms with Crippen molar-refractivity contribution in [3.8, 4) is 11.8 Å². The maximum atomic E-state index is 14.4. The lowest BCUT2D eigenvalue weighted by Crippen LogP contribution is -2.32. The summed E-state index contributed by atoms with van der Waals surface area (Å²) in [6.07, 6.45) is -2.41. The first-order valence-corrected chi connectivity index (χ1v) is 8.21. The number of carbonyl (C=O) groups excluding carboxylic acids is 2. The topological polar surface area (TPSA) is 100 Å². The van der Waals surface area contributed by atoms with E-state index in [4.69, 9.17) is 14.7 Å². The van der Waals surface area contributed by atoms with Gasteiger partial charge in [-0.15, -0.1) is 0 Å². The van der Waals surface area contributed by atoms with Crippen molar-refractivity contribution >= 4 is 17.7 Å². The van der Waals surface area contributed by atoms with Gasteiger partial charge in [-0.25, -0.2) is 13.6 Å². The van der Waals surface area contributed by atoms with E-state index in [0.717, 1.165) is 12.1 Å². The molecule has 1 heterocycles. The van der Waals surface area contributed by atoms with Gasteiger partial charge in [-0.2, -0.15) is 5.26 Å². The highest BCUT2D eigenvalue weighted by atomic mass is 19.1. The van der Waals surface area contributed by atoms with Crippen molar-refractivity contribution in [1.29, 1.82) is 5.26 Å². The number of ether oxygens (including phenoxy) is 2. The molecule has 0 unspecified atom stereocenters. The van der Waals surface area contributed by atoms with Gasteiger partial charge in [-0.3, -0.25) is 10.1 Å². The lowest BCUT2D eigenvalue weighted by Gasteiger charge is -2.19. The summed E-state index contributed by atoms with van der Waals surface area (Å²) in [5, 5.41) is 13.7. The van der Waals surface area contributed by atoms with E-state index in [-0.39, 0.29) is 23.5 Å². The van der Waals surface area contributed by atoms with Crippen molar-refractivity contribution in [3.05, 3.63) is 59.2 Å². The van der Waals surface area contributed by atoms with Crippen molar-refractivity contribution in [1.82, 2.24) is 5.32 Å². The Hall–Kier alpha value is -3.67. The Labute approximate surface area is 158 Å². The SMILES string of the molecule is COc1cc(F)c([C@@H]2CNC(=O)[C@H]2OC(=O)Nc2cccc(C#N)c2)c(F)c1. The van der Waals surface area contributed by atoms with Crippen LogP contribution in [0, 0.1) is 23.0 Å². The van der Waals surface area contributed by atoms with Gasteiger partial charge in [0.15, 0.2) is 6.10 Å². The summed E-state index contributed by atoms with van der Waals surface area (Å²) in [7, 11) is 1.27. The molecular formula is C19H15F2N3O4. The van der Waals surface area contributed by atoms with Crippen LogP contribution in [0.25, 0.3) is 0 Å².